The maximum absolute atomic E-state index is 4.38. The van der Waals surface area contributed by atoms with E-state index in [1.54, 1.807) is 0 Å². The largest absolute Gasteiger partial charge is 0.367 e. The lowest BCUT2D eigenvalue weighted by molar-refractivity contribution is 0.481. The second kappa shape index (κ2) is 4.92. The SMILES string of the molecule is CCC(C)n1nccc1NC1CCSC1. The van der Waals surface area contributed by atoms with E-state index in [1.807, 2.05) is 18.0 Å². The van der Waals surface area contributed by atoms with Gasteiger partial charge in [0.15, 0.2) is 0 Å². The van der Waals surface area contributed by atoms with Crippen molar-refractivity contribution in [2.75, 3.05) is 16.8 Å². The standard InChI is InChI=1S/C11H19N3S/c1-3-9(2)14-11(4-6-12-14)13-10-5-7-15-8-10/h4,6,9-10,13H,3,5,7-8H2,1-2H3. The van der Waals surface area contributed by atoms with Gasteiger partial charge in [0.05, 0.1) is 12.2 Å². The molecular formula is C11H19N3S. The van der Waals surface area contributed by atoms with Crippen LogP contribution in [0.15, 0.2) is 12.3 Å². The highest BCUT2D eigenvalue weighted by molar-refractivity contribution is 7.99. The number of rotatable bonds is 4. The molecule has 1 fully saturated rings. The van der Waals surface area contributed by atoms with Gasteiger partial charge in [-0.2, -0.15) is 16.9 Å². The Kier molecular flexibility index (Phi) is 3.57. The Hall–Kier alpha value is -0.640. The van der Waals surface area contributed by atoms with Crippen molar-refractivity contribution < 1.29 is 0 Å². The summed E-state index contributed by atoms with van der Waals surface area (Å²) in [5, 5.41) is 7.96. The van der Waals surface area contributed by atoms with Gasteiger partial charge in [-0.25, -0.2) is 4.68 Å². The van der Waals surface area contributed by atoms with Crippen molar-refractivity contribution in [2.45, 2.75) is 38.8 Å². The molecule has 4 heteroatoms. The van der Waals surface area contributed by atoms with Crippen molar-refractivity contribution in [1.82, 2.24) is 9.78 Å². The van der Waals surface area contributed by atoms with Crippen molar-refractivity contribution in [3.63, 3.8) is 0 Å². The summed E-state index contributed by atoms with van der Waals surface area (Å²) in [5.74, 6) is 3.69. The van der Waals surface area contributed by atoms with Gasteiger partial charge < -0.3 is 5.32 Å². The van der Waals surface area contributed by atoms with Crippen LogP contribution in [0.25, 0.3) is 0 Å². The lowest BCUT2D eigenvalue weighted by Gasteiger charge is -2.17. The zero-order chi connectivity index (χ0) is 10.7. The molecular weight excluding hydrogens is 206 g/mol. The van der Waals surface area contributed by atoms with E-state index >= 15 is 0 Å². The molecule has 84 valence electrons. The predicted molar refractivity (Wildman–Crippen MR) is 66.6 cm³/mol. The zero-order valence-electron chi connectivity index (χ0n) is 9.44. The molecule has 2 rings (SSSR count). The van der Waals surface area contributed by atoms with Crippen LogP contribution >= 0.6 is 11.8 Å². The maximum atomic E-state index is 4.38. The lowest BCUT2D eigenvalue weighted by Crippen LogP contribution is -2.21. The van der Waals surface area contributed by atoms with Gasteiger partial charge in [-0.15, -0.1) is 0 Å². The fourth-order valence-corrected chi connectivity index (χ4v) is 2.96. The second-order valence-corrected chi connectivity index (χ2v) is 5.27. The van der Waals surface area contributed by atoms with Gasteiger partial charge in [-0.3, -0.25) is 0 Å². The molecule has 1 saturated heterocycles. The van der Waals surface area contributed by atoms with E-state index < -0.39 is 0 Å². The van der Waals surface area contributed by atoms with E-state index in [0.29, 0.717) is 12.1 Å². The highest BCUT2D eigenvalue weighted by Gasteiger charge is 2.17. The van der Waals surface area contributed by atoms with E-state index in [2.05, 4.69) is 35.0 Å². The summed E-state index contributed by atoms with van der Waals surface area (Å²) in [6.45, 7) is 4.41. The van der Waals surface area contributed by atoms with E-state index in [-0.39, 0.29) is 0 Å². The van der Waals surface area contributed by atoms with Gasteiger partial charge in [0.1, 0.15) is 5.82 Å². The lowest BCUT2D eigenvalue weighted by atomic mass is 10.2. The molecule has 1 aliphatic heterocycles. The number of anilines is 1. The number of nitrogens with one attached hydrogen (secondary N) is 1. The molecule has 1 aromatic heterocycles. The Morgan fingerprint density at radius 3 is 3.27 bits per heavy atom. The Balaban J connectivity index is 2.03. The van der Waals surface area contributed by atoms with Crippen LogP contribution in [0.1, 0.15) is 32.7 Å². The molecule has 0 spiro atoms. The van der Waals surface area contributed by atoms with Crippen molar-refractivity contribution >= 4 is 17.6 Å². The van der Waals surface area contributed by atoms with E-state index in [1.165, 1.54) is 23.7 Å². The van der Waals surface area contributed by atoms with Gasteiger partial charge in [0.2, 0.25) is 0 Å². The number of hydrogen-bond acceptors (Lipinski definition) is 3. The Morgan fingerprint density at radius 1 is 1.73 bits per heavy atom. The van der Waals surface area contributed by atoms with Crippen LogP contribution in [-0.4, -0.2) is 27.3 Å². The average Bonchev–Trinajstić information content (AvgIpc) is 2.88. The first kappa shape index (κ1) is 10.9. The topological polar surface area (TPSA) is 29.9 Å². The number of aromatic nitrogens is 2. The van der Waals surface area contributed by atoms with Gasteiger partial charge in [-0.05, 0) is 25.5 Å². The van der Waals surface area contributed by atoms with Crippen LogP contribution in [0.5, 0.6) is 0 Å². The smallest absolute Gasteiger partial charge is 0.124 e. The first-order valence-electron chi connectivity index (χ1n) is 5.69. The highest BCUT2D eigenvalue weighted by atomic mass is 32.2. The van der Waals surface area contributed by atoms with Gasteiger partial charge in [0.25, 0.3) is 0 Å². The van der Waals surface area contributed by atoms with Crippen LogP contribution in [-0.2, 0) is 0 Å². The third kappa shape index (κ3) is 2.48. The van der Waals surface area contributed by atoms with E-state index in [0.717, 1.165) is 6.42 Å². The molecule has 0 aliphatic carbocycles. The Bertz CT molecular complexity index is 305. The third-order valence-electron chi connectivity index (χ3n) is 2.96. The molecule has 0 saturated carbocycles. The maximum Gasteiger partial charge on any atom is 0.124 e. The molecule has 2 unspecified atom stereocenters. The molecule has 1 N–H and O–H groups in total. The minimum Gasteiger partial charge on any atom is -0.367 e. The van der Waals surface area contributed by atoms with Crippen molar-refractivity contribution in [3.8, 4) is 0 Å². The van der Waals surface area contributed by atoms with Crippen LogP contribution in [0, 0.1) is 0 Å². The van der Waals surface area contributed by atoms with Gasteiger partial charge >= 0.3 is 0 Å². The van der Waals surface area contributed by atoms with Crippen LogP contribution in [0.4, 0.5) is 5.82 Å². The minimum atomic E-state index is 0.483. The van der Waals surface area contributed by atoms with Gasteiger partial charge in [0, 0.05) is 17.9 Å². The Morgan fingerprint density at radius 2 is 2.60 bits per heavy atom. The molecule has 0 amide bonds. The summed E-state index contributed by atoms with van der Waals surface area (Å²) in [5.41, 5.74) is 0. The van der Waals surface area contributed by atoms with Crippen molar-refractivity contribution in [3.05, 3.63) is 12.3 Å². The van der Waals surface area contributed by atoms with Crippen molar-refractivity contribution in [2.24, 2.45) is 0 Å². The quantitative estimate of drug-likeness (QED) is 0.854. The first-order valence-corrected chi connectivity index (χ1v) is 6.84. The van der Waals surface area contributed by atoms with Crippen LogP contribution < -0.4 is 5.32 Å². The number of thioether (sulfide) groups is 1. The van der Waals surface area contributed by atoms with Crippen LogP contribution in [0.2, 0.25) is 0 Å². The summed E-state index contributed by atoms with van der Waals surface area (Å²) < 4.78 is 2.10. The fourth-order valence-electron chi connectivity index (χ4n) is 1.81. The molecule has 0 radical (unpaired) electrons. The molecule has 15 heavy (non-hydrogen) atoms. The van der Waals surface area contributed by atoms with E-state index in [9.17, 15) is 0 Å². The predicted octanol–water partition coefficient (Wildman–Crippen LogP) is 2.77. The van der Waals surface area contributed by atoms with Crippen LogP contribution in [0.3, 0.4) is 0 Å². The summed E-state index contributed by atoms with van der Waals surface area (Å²) >= 11 is 2.03. The molecule has 2 atom stereocenters. The summed E-state index contributed by atoms with van der Waals surface area (Å²) in [6, 6.07) is 3.20. The molecule has 2 heterocycles. The average molecular weight is 225 g/mol. The second-order valence-electron chi connectivity index (χ2n) is 4.12. The molecule has 3 nitrogen and oxygen atoms in total. The summed E-state index contributed by atoms with van der Waals surface area (Å²) in [4.78, 5) is 0. The number of nitrogens with zero attached hydrogens (tertiary/aromatic N) is 2. The summed E-state index contributed by atoms with van der Waals surface area (Å²) in [6.07, 6.45) is 4.28. The fraction of sp³-hybridized carbons (Fsp3) is 0.727. The highest BCUT2D eigenvalue weighted by Crippen LogP contribution is 2.23. The normalized spacial score (nSPS) is 22.9. The molecule has 1 aliphatic rings. The molecule has 0 bridgehead atoms. The van der Waals surface area contributed by atoms with E-state index in [4.69, 9.17) is 0 Å². The molecule has 0 aromatic carbocycles. The minimum absolute atomic E-state index is 0.483. The van der Waals surface area contributed by atoms with Gasteiger partial charge in [-0.1, -0.05) is 6.92 Å². The third-order valence-corrected chi connectivity index (χ3v) is 4.12. The Labute approximate surface area is 95.6 Å². The summed E-state index contributed by atoms with van der Waals surface area (Å²) in [7, 11) is 0. The number of hydrogen-bond donors (Lipinski definition) is 1. The first-order chi connectivity index (χ1) is 7.31. The molecule has 1 aromatic rings. The monoisotopic (exact) mass is 225 g/mol. The van der Waals surface area contributed by atoms with Crippen molar-refractivity contribution in [1.29, 1.82) is 0 Å². The zero-order valence-corrected chi connectivity index (χ0v) is 10.3.